The third kappa shape index (κ3) is 4.86. The standard InChI is InChI=1S/C28H35N4O6S2/c1-6-9-37-27(35)24-25(16(3)23-22(17(4)33)26(34)32(23)24)40-19-12-18(31(14-19)28(36)38-10-7-2)13-20-29(5)15-21-30(20)8-11-39-21/h6-8,11,15-19,22-23,33H,1-2,9-10,12-14H2,3-5H3/q+1/t16-,17-,18+,19+,22-,23-/m1/s1. The molecule has 12 heteroatoms. The highest BCUT2D eigenvalue weighted by Gasteiger charge is 2.60. The van der Waals surface area contributed by atoms with Crippen LogP contribution < -0.4 is 4.57 Å². The number of β-lactam (4-membered cyclic amide) rings is 1. The van der Waals surface area contributed by atoms with E-state index >= 15 is 0 Å². The van der Waals surface area contributed by atoms with Crippen LogP contribution in [0.4, 0.5) is 4.79 Å². The maximum atomic E-state index is 13.2. The van der Waals surface area contributed by atoms with Crippen LogP contribution in [-0.2, 0) is 32.5 Å². The van der Waals surface area contributed by atoms with Crippen molar-refractivity contribution in [1.29, 1.82) is 0 Å². The summed E-state index contributed by atoms with van der Waals surface area (Å²) in [4.78, 5) is 44.4. The van der Waals surface area contributed by atoms with Crippen molar-refractivity contribution >= 4 is 45.9 Å². The number of carbonyl (C=O) groups excluding carboxylic acids is 3. The molecule has 3 aliphatic rings. The van der Waals surface area contributed by atoms with Crippen molar-refractivity contribution in [2.45, 2.75) is 50.1 Å². The molecule has 0 unspecified atom stereocenters. The van der Waals surface area contributed by atoms with Gasteiger partial charge in [-0.05, 0) is 13.3 Å². The molecule has 6 atom stereocenters. The Morgan fingerprint density at radius 2 is 2.02 bits per heavy atom. The summed E-state index contributed by atoms with van der Waals surface area (Å²) in [5.74, 6) is -0.509. The molecule has 0 spiro atoms. The number of rotatable bonds is 10. The van der Waals surface area contributed by atoms with E-state index in [1.54, 1.807) is 29.2 Å². The van der Waals surface area contributed by atoms with Gasteiger partial charge in [-0.15, -0.1) is 11.8 Å². The van der Waals surface area contributed by atoms with Gasteiger partial charge in [-0.1, -0.05) is 43.6 Å². The Labute approximate surface area is 241 Å². The molecule has 2 fully saturated rings. The number of thiazole rings is 1. The van der Waals surface area contributed by atoms with E-state index in [-0.39, 0.29) is 48.1 Å². The molecule has 1 N–H and O–H groups in total. The molecule has 40 heavy (non-hydrogen) atoms. The monoisotopic (exact) mass is 587 g/mol. The molecule has 0 aliphatic carbocycles. The van der Waals surface area contributed by atoms with Crippen molar-refractivity contribution in [3.63, 3.8) is 0 Å². The first-order valence-electron chi connectivity index (χ1n) is 13.3. The number of amides is 2. The lowest BCUT2D eigenvalue weighted by Gasteiger charge is -2.46. The van der Waals surface area contributed by atoms with E-state index in [1.807, 2.05) is 25.5 Å². The second-order valence-electron chi connectivity index (χ2n) is 10.5. The van der Waals surface area contributed by atoms with Crippen molar-refractivity contribution in [3.05, 3.63) is 59.5 Å². The SMILES string of the molecule is C=CCOC(=O)C1=C(S[C@H]2C[C@@H](Cc3n4ccsc4c[n+]3C)N(C(=O)OCC=C)C2)[C@H](C)[C@@H]2[C@@H]([C@@H](C)O)C(=O)N12. The highest BCUT2D eigenvalue weighted by atomic mass is 32.2. The maximum absolute atomic E-state index is 13.2. The number of aryl methyl sites for hydroxylation is 1. The van der Waals surface area contributed by atoms with Gasteiger partial charge in [0.2, 0.25) is 10.7 Å². The Bertz CT molecular complexity index is 1380. The lowest BCUT2D eigenvalue weighted by molar-refractivity contribution is -0.678. The Balaban J connectivity index is 1.42. The molecule has 0 saturated carbocycles. The molecule has 2 aromatic rings. The van der Waals surface area contributed by atoms with Gasteiger partial charge in [-0.25, -0.2) is 14.2 Å². The zero-order valence-corrected chi connectivity index (χ0v) is 24.5. The van der Waals surface area contributed by atoms with Crippen LogP contribution in [0.2, 0.25) is 0 Å². The van der Waals surface area contributed by atoms with E-state index in [1.165, 1.54) is 22.7 Å². The average Bonchev–Trinajstić information content (AvgIpc) is 3.65. The molecule has 5 heterocycles. The predicted octanol–water partition coefficient (Wildman–Crippen LogP) is 2.66. The third-order valence-electron chi connectivity index (χ3n) is 7.91. The fraction of sp³-hybridized carbons (Fsp3) is 0.500. The van der Waals surface area contributed by atoms with Gasteiger partial charge in [0.25, 0.3) is 5.82 Å². The number of hydrogen-bond acceptors (Lipinski definition) is 8. The van der Waals surface area contributed by atoms with E-state index in [9.17, 15) is 19.5 Å². The zero-order valence-electron chi connectivity index (χ0n) is 22.9. The van der Waals surface area contributed by atoms with E-state index < -0.39 is 24.1 Å². The van der Waals surface area contributed by atoms with Crippen LogP contribution in [0.25, 0.3) is 4.83 Å². The van der Waals surface area contributed by atoms with Crippen LogP contribution in [0.5, 0.6) is 0 Å². The van der Waals surface area contributed by atoms with Gasteiger partial charge in [0.1, 0.15) is 31.3 Å². The number of fused-ring (bicyclic) bond motifs is 2. The van der Waals surface area contributed by atoms with Crippen LogP contribution in [0, 0.1) is 11.8 Å². The average molecular weight is 588 g/mol. The first kappa shape index (κ1) is 28.4. The van der Waals surface area contributed by atoms with E-state index in [0.29, 0.717) is 19.4 Å². The third-order valence-corrected chi connectivity index (χ3v) is 10.2. The Morgan fingerprint density at radius 1 is 1.30 bits per heavy atom. The van der Waals surface area contributed by atoms with Crippen LogP contribution in [-0.4, -0.2) is 80.5 Å². The van der Waals surface area contributed by atoms with Crippen molar-refractivity contribution in [3.8, 4) is 0 Å². The van der Waals surface area contributed by atoms with Crippen LogP contribution in [0.15, 0.2) is 53.7 Å². The minimum atomic E-state index is -0.825. The lowest BCUT2D eigenvalue weighted by Crippen LogP contribution is -2.63. The van der Waals surface area contributed by atoms with Gasteiger partial charge in [0.05, 0.1) is 31.5 Å². The van der Waals surface area contributed by atoms with Crippen LogP contribution >= 0.6 is 23.1 Å². The summed E-state index contributed by atoms with van der Waals surface area (Å²) in [6, 6.07) is -0.435. The topological polar surface area (TPSA) is 105 Å². The summed E-state index contributed by atoms with van der Waals surface area (Å²) >= 11 is 3.18. The Kier molecular flexibility index (Phi) is 8.12. The second kappa shape index (κ2) is 11.4. The summed E-state index contributed by atoms with van der Waals surface area (Å²) in [7, 11) is 2.00. The number of esters is 1. The highest BCUT2D eigenvalue weighted by Crippen LogP contribution is 2.52. The summed E-state index contributed by atoms with van der Waals surface area (Å²) in [6.45, 7) is 11.4. The van der Waals surface area contributed by atoms with Crippen LogP contribution in [0.1, 0.15) is 26.1 Å². The molecule has 2 aromatic heterocycles. The Morgan fingerprint density at radius 3 is 2.73 bits per heavy atom. The first-order chi connectivity index (χ1) is 19.2. The van der Waals surface area contributed by atoms with Gasteiger partial charge in [0, 0.05) is 34.0 Å². The molecular formula is C28H35N4O6S2+. The molecule has 3 aliphatic heterocycles. The lowest BCUT2D eigenvalue weighted by atomic mass is 9.79. The molecule has 0 aromatic carbocycles. The normalized spacial score (nSPS) is 26.6. The largest absolute Gasteiger partial charge is 0.457 e. The molecule has 2 amide bonds. The van der Waals surface area contributed by atoms with Crippen molar-refractivity contribution in [1.82, 2.24) is 14.2 Å². The summed E-state index contributed by atoms with van der Waals surface area (Å²) in [6.07, 6.45) is 7.21. The number of imidazole rings is 1. The number of aromatic nitrogens is 2. The smallest absolute Gasteiger partial charge is 0.410 e. The molecule has 0 bridgehead atoms. The first-order valence-corrected chi connectivity index (χ1v) is 15.1. The second-order valence-corrected chi connectivity index (χ2v) is 12.7. The van der Waals surface area contributed by atoms with Gasteiger partial charge < -0.3 is 24.4 Å². The minimum absolute atomic E-state index is 0.0288. The molecule has 214 valence electrons. The van der Waals surface area contributed by atoms with Gasteiger partial charge in [0.15, 0.2) is 0 Å². The summed E-state index contributed by atoms with van der Waals surface area (Å²) in [5, 5.41) is 12.3. The number of likely N-dealkylation sites (tertiary alicyclic amines) is 1. The van der Waals surface area contributed by atoms with E-state index in [4.69, 9.17) is 9.47 Å². The molecular weight excluding hydrogens is 552 g/mol. The van der Waals surface area contributed by atoms with Crippen molar-refractivity contribution < 1.29 is 33.5 Å². The minimum Gasteiger partial charge on any atom is -0.457 e. The van der Waals surface area contributed by atoms with Crippen molar-refractivity contribution in [2.24, 2.45) is 18.9 Å². The number of ether oxygens (including phenoxy) is 2. The number of aliphatic hydroxyl groups excluding tert-OH is 1. The maximum Gasteiger partial charge on any atom is 0.410 e. The number of nitrogens with zero attached hydrogens (tertiary/aromatic N) is 4. The van der Waals surface area contributed by atoms with Crippen molar-refractivity contribution in [2.75, 3.05) is 19.8 Å². The van der Waals surface area contributed by atoms with Gasteiger partial charge in [-0.3, -0.25) is 4.79 Å². The Hall–Kier alpha value is -3.09. The van der Waals surface area contributed by atoms with Crippen LogP contribution in [0.3, 0.4) is 0 Å². The molecule has 10 nitrogen and oxygen atoms in total. The molecule has 5 rings (SSSR count). The summed E-state index contributed by atoms with van der Waals surface area (Å²) < 4.78 is 15.0. The quantitative estimate of drug-likeness (QED) is 0.197. The van der Waals surface area contributed by atoms with E-state index in [0.717, 1.165) is 15.6 Å². The fourth-order valence-corrected chi connectivity index (χ4v) is 8.48. The molecule has 0 radical (unpaired) electrons. The number of carbonyl (C=O) groups is 3. The summed E-state index contributed by atoms with van der Waals surface area (Å²) in [5.41, 5.74) is 0.244. The predicted molar refractivity (Wildman–Crippen MR) is 151 cm³/mol. The van der Waals surface area contributed by atoms with E-state index in [2.05, 4.69) is 28.3 Å². The zero-order chi connectivity index (χ0) is 28.7. The van der Waals surface area contributed by atoms with Gasteiger partial charge in [-0.2, -0.15) is 4.40 Å². The van der Waals surface area contributed by atoms with Gasteiger partial charge >= 0.3 is 12.1 Å². The fourth-order valence-electron chi connectivity index (χ4n) is 6.10. The number of hydrogen-bond donors (Lipinski definition) is 1. The highest BCUT2D eigenvalue weighted by molar-refractivity contribution is 8.03. The molecule has 2 saturated heterocycles. The number of aliphatic hydroxyl groups is 1. The number of thioether (sulfide) groups is 1.